The van der Waals surface area contributed by atoms with E-state index in [2.05, 4.69) is 47.6 Å². The molecule has 2 aromatic rings. The molecule has 1 N–H and O–H groups in total. The van der Waals surface area contributed by atoms with E-state index in [4.69, 9.17) is 0 Å². The van der Waals surface area contributed by atoms with E-state index < -0.39 is 0 Å². The van der Waals surface area contributed by atoms with E-state index in [0.717, 1.165) is 18.1 Å². The van der Waals surface area contributed by atoms with Crippen molar-refractivity contribution in [3.63, 3.8) is 0 Å². The van der Waals surface area contributed by atoms with Gasteiger partial charge in [0.2, 0.25) is 0 Å². The number of hydrogen-bond acceptors (Lipinski definition) is 3. The number of rotatable bonds is 6. The Morgan fingerprint density at radius 2 is 2.06 bits per heavy atom. The summed E-state index contributed by atoms with van der Waals surface area (Å²) < 4.78 is 0. The van der Waals surface area contributed by atoms with E-state index in [1.165, 1.54) is 16.9 Å². The summed E-state index contributed by atoms with van der Waals surface area (Å²) in [5.74, 6) is 0.613. The van der Waals surface area contributed by atoms with Crippen molar-refractivity contribution in [1.29, 1.82) is 0 Å². The molecule has 0 amide bonds. The molecule has 2 rings (SSSR count). The van der Waals surface area contributed by atoms with Gasteiger partial charge in [-0.15, -0.1) is 11.3 Å². The number of aromatic nitrogens is 1. The monoisotopic (exact) mass is 260 g/mol. The molecular formula is C15H20N2S. The van der Waals surface area contributed by atoms with Crippen LogP contribution >= 0.6 is 11.3 Å². The quantitative estimate of drug-likeness (QED) is 0.800. The Bertz CT molecular complexity index is 464. The number of aryl methyl sites for hydroxylation is 1. The molecule has 3 heteroatoms. The van der Waals surface area contributed by atoms with Gasteiger partial charge in [0.25, 0.3) is 0 Å². The van der Waals surface area contributed by atoms with Gasteiger partial charge in [0, 0.05) is 17.6 Å². The molecule has 2 nitrogen and oxygen atoms in total. The first kappa shape index (κ1) is 13.2. The van der Waals surface area contributed by atoms with Crippen LogP contribution in [-0.2, 0) is 6.54 Å². The first-order valence-corrected chi connectivity index (χ1v) is 7.24. The Morgan fingerprint density at radius 3 is 2.72 bits per heavy atom. The Hall–Kier alpha value is -1.19. The first-order chi connectivity index (χ1) is 8.75. The summed E-state index contributed by atoms with van der Waals surface area (Å²) in [4.78, 5) is 5.58. The standard InChI is InChI=1S/C15H20N2S/c1-12(14-6-4-3-5-7-14)8-9-16-10-15-11-17-13(2)18-15/h3-7,11-12,16H,8-10H2,1-2H3. The predicted octanol–water partition coefficient (Wildman–Crippen LogP) is 3.73. The normalized spacial score (nSPS) is 12.6. The molecule has 0 fully saturated rings. The van der Waals surface area contributed by atoms with Crippen molar-refractivity contribution >= 4 is 11.3 Å². The Morgan fingerprint density at radius 1 is 1.28 bits per heavy atom. The second-order valence-electron chi connectivity index (χ2n) is 4.62. The van der Waals surface area contributed by atoms with Crippen LogP contribution in [0.15, 0.2) is 36.5 Å². The predicted molar refractivity (Wildman–Crippen MR) is 78.0 cm³/mol. The van der Waals surface area contributed by atoms with Crippen LogP contribution in [0.4, 0.5) is 0 Å². The van der Waals surface area contributed by atoms with Crippen molar-refractivity contribution in [1.82, 2.24) is 10.3 Å². The summed E-state index contributed by atoms with van der Waals surface area (Å²) in [5, 5.41) is 4.63. The third-order valence-corrected chi connectivity index (χ3v) is 4.00. The van der Waals surface area contributed by atoms with Crippen LogP contribution < -0.4 is 5.32 Å². The molecule has 1 aromatic heterocycles. The molecule has 1 aromatic carbocycles. The molecule has 18 heavy (non-hydrogen) atoms. The Balaban J connectivity index is 1.69. The second-order valence-corrected chi connectivity index (χ2v) is 5.94. The van der Waals surface area contributed by atoms with Crippen molar-refractivity contribution in [2.75, 3.05) is 6.54 Å². The molecule has 0 radical (unpaired) electrons. The molecule has 0 saturated heterocycles. The minimum Gasteiger partial charge on any atom is -0.312 e. The molecule has 0 bridgehead atoms. The SMILES string of the molecule is Cc1ncc(CNCCC(C)c2ccccc2)s1. The van der Waals surface area contributed by atoms with Gasteiger partial charge in [0.1, 0.15) is 0 Å². The highest BCUT2D eigenvalue weighted by Crippen LogP contribution is 2.17. The van der Waals surface area contributed by atoms with E-state index >= 15 is 0 Å². The zero-order chi connectivity index (χ0) is 12.8. The van der Waals surface area contributed by atoms with E-state index in [9.17, 15) is 0 Å². The summed E-state index contributed by atoms with van der Waals surface area (Å²) in [5.41, 5.74) is 1.42. The summed E-state index contributed by atoms with van der Waals surface area (Å²) in [6, 6.07) is 10.7. The smallest absolute Gasteiger partial charge is 0.0897 e. The number of thiazole rings is 1. The minimum atomic E-state index is 0.613. The fourth-order valence-corrected chi connectivity index (χ4v) is 2.73. The van der Waals surface area contributed by atoms with Crippen LogP contribution in [0.5, 0.6) is 0 Å². The third-order valence-electron chi connectivity index (χ3n) is 3.09. The number of benzene rings is 1. The van der Waals surface area contributed by atoms with Gasteiger partial charge in [-0.1, -0.05) is 37.3 Å². The van der Waals surface area contributed by atoms with Crippen LogP contribution in [0.2, 0.25) is 0 Å². The highest BCUT2D eigenvalue weighted by atomic mass is 32.1. The Labute approximate surface area is 113 Å². The van der Waals surface area contributed by atoms with Gasteiger partial charge in [-0.3, -0.25) is 0 Å². The second kappa shape index (κ2) is 6.66. The molecule has 1 unspecified atom stereocenters. The largest absolute Gasteiger partial charge is 0.312 e. The average molecular weight is 260 g/mol. The lowest BCUT2D eigenvalue weighted by Gasteiger charge is -2.11. The van der Waals surface area contributed by atoms with Crippen molar-refractivity contribution < 1.29 is 0 Å². The van der Waals surface area contributed by atoms with Crippen LogP contribution in [0, 0.1) is 6.92 Å². The van der Waals surface area contributed by atoms with Crippen molar-refractivity contribution in [3.05, 3.63) is 52.0 Å². The van der Waals surface area contributed by atoms with Gasteiger partial charge in [0.15, 0.2) is 0 Å². The third kappa shape index (κ3) is 3.93. The molecule has 0 spiro atoms. The number of hydrogen-bond donors (Lipinski definition) is 1. The molecule has 96 valence electrons. The van der Waals surface area contributed by atoms with Gasteiger partial charge in [-0.2, -0.15) is 0 Å². The molecule has 1 atom stereocenters. The molecule has 0 aliphatic heterocycles. The van der Waals surface area contributed by atoms with Gasteiger partial charge in [-0.05, 0) is 31.4 Å². The molecule has 0 aliphatic rings. The topological polar surface area (TPSA) is 24.9 Å². The van der Waals surface area contributed by atoms with Gasteiger partial charge in [0.05, 0.1) is 5.01 Å². The van der Waals surface area contributed by atoms with Gasteiger partial charge < -0.3 is 5.32 Å². The van der Waals surface area contributed by atoms with Crippen LogP contribution in [0.3, 0.4) is 0 Å². The number of nitrogens with one attached hydrogen (secondary N) is 1. The zero-order valence-electron chi connectivity index (χ0n) is 11.0. The first-order valence-electron chi connectivity index (χ1n) is 6.42. The van der Waals surface area contributed by atoms with E-state index in [1.807, 2.05) is 13.1 Å². The van der Waals surface area contributed by atoms with Crippen LogP contribution in [-0.4, -0.2) is 11.5 Å². The lowest BCUT2D eigenvalue weighted by molar-refractivity contribution is 0.597. The molecule has 1 heterocycles. The van der Waals surface area contributed by atoms with E-state index in [-0.39, 0.29) is 0 Å². The molecule has 0 saturated carbocycles. The molecular weight excluding hydrogens is 240 g/mol. The maximum atomic E-state index is 4.26. The van der Waals surface area contributed by atoms with Crippen LogP contribution in [0.1, 0.15) is 34.7 Å². The summed E-state index contributed by atoms with van der Waals surface area (Å²) in [7, 11) is 0. The number of nitrogens with zero attached hydrogens (tertiary/aromatic N) is 1. The lowest BCUT2D eigenvalue weighted by atomic mass is 9.98. The minimum absolute atomic E-state index is 0.613. The summed E-state index contributed by atoms with van der Waals surface area (Å²) >= 11 is 1.77. The van der Waals surface area contributed by atoms with E-state index in [1.54, 1.807) is 11.3 Å². The van der Waals surface area contributed by atoms with E-state index in [0.29, 0.717) is 5.92 Å². The fourth-order valence-electron chi connectivity index (χ4n) is 1.97. The summed E-state index contributed by atoms with van der Waals surface area (Å²) in [6.07, 6.45) is 3.13. The maximum Gasteiger partial charge on any atom is 0.0897 e. The van der Waals surface area contributed by atoms with Crippen LogP contribution in [0.25, 0.3) is 0 Å². The maximum absolute atomic E-state index is 4.26. The fraction of sp³-hybridized carbons (Fsp3) is 0.400. The highest BCUT2D eigenvalue weighted by molar-refractivity contribution is 7.11. The zero-order valence-corrected chi connectivity index (χ0v) is 11.8. The van der Waals surface area contributed by atoms with Gasteiger partial charge in [-0.25, -0.2) is 4.98 Å². The van der Waals surface area contributed by atoms with Crippen molar-refractivity contribution in [3.8, 4) is 0 Å². The molecule has 0 aliphatic carbocycles. The lowest BCUT2D eigenvalue weighted by Crippen LogP contribution is -2.15. The van der Waals surface area contributed by atoms with Gasteiger partial charge >= 0.3 is 0 Å². The Kier molecular flexibility index (Phi) is 4.90. The van der Waals surface area contributed by atoms with Crippen molar-refractivity contribution in [2.24, 2.45) is 0 Å². The average Bonchev–Trinajstić information content (AvgIpc) is 2.81. The highest BCUT2D eigenvalue weighted by Gasteiger charge is 2.04. The van der Waals surface area contributed by atoms with Crippen molar-refractivity contribution in [2.45, 2.75) is 32.7 Å². The summed E-state index contributed by atoms with van der Waals surface area (Å²) in [6.45, 7) is 6.32.